The van der Waals surface area contributed by atoms with E-state index in [2.05, 4.69) is 5.92 Å². The van der Waals surface area contributed by atoms with E-state index in [0.29, 0.717) is 28.2 Å². The molecule has 1 fully saturated rings. The van der Waals surface area contributed by atoms with Gasteiger partial charge in [0, 0.05) is 0 Å². The predicted molar refractivity (Wildman–Crippen MR) is 103 cm³/mol. The number of ether oxygens (including phenoxy) is 1. The Bertz CT molecular complexity index is 975. The number of rotatable bonds is 5. The van der Waals surface area contributed by atoms with E-state index in [1.54, 1.807) is 20.1 Å². The van der Waals surface area contributed by atoms with Gasteiger partial charge in [-0.05, 0) is 55.5 Å². The van der Waals surface area contributed by atoms with E-state index in [1.165, 1.54) is 4.31 Å². The van der Waals surface area contributed by atoms with Crippen LogP contribution in [0.25, 0.3) is 0 Å². The second-order valence-corrected chi connectivity index (χ2v) is 8.46. The van der Waals surface area contributed by atoms with Gasteiger partial charge in [-0.3, -0.25) is 0 Å². The fraction of sp³-hybridized carbons (Fsp3) is 0.333. The molecule has 0 bridgehead atoms. The number of benzene rings is 2. The van der Waals surface area contributed by atoms with Crippen molar-refractivity contribution in [3.05, 3.63) is 58.7 Å². The van der Waals surface area contributed by atoms with Crippen LogP contribution in [0.1, 0.15) is 22.3 Å². The Balaban J connectivity index is 1.99. The Hall–Kier alpha value is -2.29. The molecule has 0 N–H and O–H groups in total. The third-order valence-corrected chi connectivity index (χ3v) is 7.27. The van der Waals surface area contributed by atoms with Crippen LogP contribution < -0.4 is 4.74 Å². The number of aryl methyl sites for hydroxylation is 1. The van der Waals surface area contributed by atoms with Gasteiger partial charge in [-0.2, -0.15) is 4.31 Å². The van der Waals surface area contributed by atoms with Gasteiger partial charge in [0.25, 0.3) is 0 Å². The monoisotopic (exact) mass is 369 g/mol. The van der Waals surface area contributed by atoms with Gasteiger partial charge in [-0.15, -0.1) is 6.42 Å². The van der Waals surface area contributed by atoms with Crippen molar-refractivity contribution >= 4 is 10.0 Å². The topological polar surface area (TPSA) is 46.4 Å². The molecule has 4 nitrogen and oxygen atoms in total. The molecule has 3 rings (SSSR count). The third-order valence-electron chi connectivity index (χ3n) is 5.07. The SMILES string of the molecule is C#C[C@@H]1[C@H](Cc2ccccc2)N1S(=O)(=O)c1c(C)cc(OC)c(C)c1C. The maximum Gasteiger partial charge on any atom is 0.245 e. The number of methoxy groups -OCH3 is 1. The lowest BCUT2D eigenvalue weighted by Crippen LogP contribution is -2.19. The smallest absolute Gasteiger partial charge is 0.245 e. The maximum atomic E-state index is 13.3. The van der Waals surface area contributed by atoms with Crippen molar-refractivity contribution in [1.29, 1.82) is 0 Å². The molecule has 0 spiro atoms. The quantitative estimate of drug-likeness (QED) is 0.600. The molecule has 1 unspecified atom stereocenters. The van der Waals surface area contributed by atoms with Crippen LogP contribution in [-0.4, -0.2) is 31.9 Å². The standard InChI is InChI=1S/C21H23NO3S/c1-6-18-19(13-17-10-8-7-9-11-17)22(18)26(23,24)21-14(2)12-20(25-5)15(3)16(21)4/h1,7-12,18-19H,13H2,2-5H3/t18-,19+,22?/m1/s1. The van der Waals surface area contributed by atoms with Gasteiger partial charge in [0.2, 0.25) is 10.0 Å². The number of hydrogen-bond acceptors (Lipinski definition) is 3. The van der Waals surface area contributed by atoms with Crippen LogP contribution in [0.3, 0.4) is 0 Å². The van der Waals surface area contributed by atoms with Crippen molar-refractivity contribution in [2.45, 2.75) is 44.2 Å². The molecular weight excluding hydrogens is 346 g/mol. The highest BCUT2D eigenvalue weighted by Crippen LogP contribution is 2.41. The summed E-state index contributed by atoms with van der Waals surface area (Å²) >= 11 is 0. The number of sulfonamides is 1. The van der Waals surface area contributed by atoms with Crippen molar-refractivity contribution in [2.24, 2.45) is 0 Å². The van der Waals surface area contributed by atoms with Crippen molar-refractivity contribution in [2.75, 3.05) is 7.11 Å². The van der Waals surface area contributed by atoms with Gasteiger partial charge in [0.15, 0.2) is 0 Å². The largest absolute Gasteiger partial charge is 0.496 e. The molecule has 136 valence electrons. The Morgan fingerprint density at radius 1 is 1.15 bits per heavy atom. The molecular formula is C21H23NO3S. The van der Waals surface area contributed by atoms with Gasteiger partial charge in [0.1, 0.15) is 11.8 Å². The van der Waals surface area contributed by atoms with Crippen molar-refractivity contribution in [3.63, 3.8) is 0 Å². The summed E-state index contributed by atoms with van der Waals surface area (Å²) in [7, 11) is -2.08. The Kier molecular flexibility index (Phi) is 4.83. The summed E-state index contributed by atoms with van der Waals surface area (Å²) in [5, 5.41) is 0. The highest BCUT2D eigenvalue weighted by atomic mass is 32.2. The van der Waals surface area contributed by atoms with Crippen molar-refractivity contribution in [3.8, 4) is 18.1 Å². The first-order valence-corrected chi connectivity index (χ1v) is 9.95. The summed E-state index contributed by atoms with van der Waals surface area (Å²) < 4.78 is 33.5. The first-order valence-electron chi connectivity index (χ1n) is 8.51. The van der Waals surface area contributed by atoms with Crippen molar-refractivity contribution in [1.82, 2.24) is 4.31 Å². The van der Waals surface area contributed by atoms with E-state index in [4.69, 9.17) is 11.2 Å². The average Bonchev–Trinajstić information content (AvgIpc) is 3.32. The molecule has 2 aromatic rings. The lowest BCUT2D eigenvalue weighted by molar-refractivity contribution is 0.410. The van der Waals surface area contributed by atoms with Crippen molar-refractivity contribution < 1.29 is 13.2 Å². The van der Waals surface area contributed by atoms with Gasteiger partial charge in [-0.25, -0.2) is 8.42 Å². The summed E-state index contributed by atoms with van der Waals surface area (Å²) in [6.45, 7) is 5.48. The van der Waals surface area contributed by atoms with Gasteiger partial charge < -0.3 is 4.74 Å². The summed E-state index contributed by atoms with van der Waals surface area (Å²) in [5.74, 6) is 3.33. The first-order chi connectivity index (χ1) is 12.3. The fourth-order valence-electron chi connectivity index (χ4n) is 3.56. The van der Waals surface area contributed by atoms with Crippen LogP contribution in [0.4, 0.5) is 0 Å². The molecule has 5 heteroatoms. The van der Waals surface area contributed by atoms with Crippen LogP contribution in [-0.2, 0) is 16.4 Å². The number of terminal acetylenes is 1. The highest BCUT2D eigenvalue weighted by Gasteiger charge is 2.55. The molecule has 1 heterocycles. The second-order valence-electron chi connectivity index (χ2n) is 6.68. The van der Waals surface area contributed by atoms with E-state index < -0.39 is 16.1 Å². The Labute approximate surface area is 155 Å². The van der Waals surface area contributed by atoms with Crippen LogP contribution in [0.5, 0.6) is 5.75 Å². The Morgan fingerprint density at radius 2 is 1.81 bits per heavy atom. The molecule has 1 aliphatic heterocycles. The minimum absolute atomic E-state index is 0.200. The molecule has 0 saturated carbocycles. The van der Waals surface area contributed by atoms with Crippen LogP contribution in [0, 0.1) is 33.1 Å². The molecule has 0 aliphatic carbocycles. The van der Waals surface area contributed by atoms with Crippen LogP contribution >= 0.6 is 0 Å². The average molecular weight is 369 g/mol. The third kappa shape index (κ3) is 3.00. The number of hydrogen-bond donors (Lipinski definition) is 0. The second kappa shape index (κ2) is 6.79. The zero-order valence-corrected chi connectivity index (χ0v) is 16.3. The van der Waals surface area contributed by atoms with E-state index in [0.717, 1.165) is 11.1 Å². The highest BCUT2D eigenvalue weighted by molar-refractivity contribution is 7.89. The zero-order valence-electron chi connectivity index (χ0n) is 15.5. The molecule has 1 aliphatic rings. The van der Waals surface area contributed by atoms with Crippen LogP contribution in [0.2, 0.25) is 0 Å². The van der Waals surface area contributed by atoms with E-state index in [9.17, 15) is 8.42 Å². The van der Waals surface area contributed by atoms with E-state index in [1.807, 2.05) is 44.2 Å². The first kappa shape index (κ1) is 18.5. The lowest BCUT2D eigenvalue weighted by atomic mass is 10.1. The maximum absolute atomic E-state index is 13.3. The summed E-state index contributed by atoms with van der Waals surface area (Å²) in [6, 6.07) is 11.0. The normalized spacial score (nSPS) is 21.9. The number of nitrogens with zero attached hydrogens (tertiary/aromatic N) is 1. The summed E-state index contributed by atoms with van der Waals surface area (Å²) in [6.07, 6.45) is 6.23. The summed E-state index contributed by atoms with van der Waals surface area (Å²) in [4.78, 5) is 0.339. The molecule has 0 amide bonds. The van der Waals surface area contributed by atoms with Gasteiger partial charge >= 0.3 is 0 Å². The van der Waals surface area contributed by atoms with E-state index in [-0.39, 0.29) is 6.04 Å². The Morgan fingerprint density at radius 3 is 2.38 bits per heavy atom. The predicted octanol–water partition coefficient (Wildman–Crippen LogP) is 3.24. The van der Waals surface area contributed by atoms with Gasteiger partial charge in [-0.1, -0.05) is 36.3 Å². The molecule has 26 heavy (non-hydrogen) atoms. The molecule has 0 radical (unpaired) electrons. The van der Waals surface area contributed by atoms with E-state index >= 15 is 0 Å². The zero-order chi connectivity index (χ0) is 19.1. The molecule has 0 aromatic heterocycles. The minimum atomic E-state index is -3.67. The summed E-state index contributed by atoms with van der Waals surface area (Å²) in [5.41, 5.74) is 3.29. The molecule has 1 saturated heterocycles. The molecule has 3 atom stereocenters. The minimum Gasteiger partial charge on any atom is -0.496 e. The fourth-order valence-corrected chi connectivity index (χ4v) is 5.77. The molecule has 2 aromatic carbocycles. The van der Waals surface area contributed by atoms with Gasteiger partial charge in [0.05, 0.1) is 18.0 Å². The lowest BCUT2D eigenvalue weighted by Gasteiger charge is -2.17. The van der Waals surface area contributed by atoms with Crippen LogP contribution in [0.15, 0.2) is 41.3 Å².